The number of morpholine rings is 1. The zero-order valence-corrected chi connectivity index (χ0v) is 13.4. The van der Waals surface area contributed by atoms with Crippen LogP contribution in [0.25, 0.3) is 21.9 Å². The lowest BCUT2D eigenvalue weighted by atomic mass is 10.1. The number of aromatic nitrogens is 3. The number of halogens is 1. The Labute approximate surface area is 142 Å². The van der Waals surface area contributed by atoms with Crippen LogP contribution in [0.4, 0.5) is 10.2 Å². The summed E-state index contributed by atoms with van der Waals surface area (Å²) < 4.78 is 19.2. The summed E-state index contributed by atoms with van der Waals surface area (Å²) in [6.07, 6.45) is 1.85. The molecule has 4 rings (SSSR count). The minimum atomic E-state index is -0.830. The van der Waals surface area contributed by atoms with E-state index in [0.29, 0.717) is 37.3 Å². The molecule has 1 saturated heterocycles. The highest BCUT2D eigenvalue weighted by Gasteiger charge is 2.24. The molecule has 130 valence electrons. The second kappa shape index (κ2) is 6.29. The van der Waals surface area contributed by atoms with Crippen LogP contribution in [0.1, 0.15) is 12.8 Å². The molecule has 3 aromatic rings. The predicted octanol–water partition coefficient (Wildman–Crippen LogP) is 2.32. The molecule has 0 aliphatic carbocycles. The first-order valence-electron chi connectivity index (χ1n) is 8.12. The molecule has 0 unspecified atom stereocenters. The van der Waals surface area contributed by atoms with Gasteiger partial charge in [0, 0.05) is 24.9 Å². The maximum Gasteiger partial charge on any atom is 0.303 e. The van der Waals surface area contributed by atoms with Crippen molar-refractivity contribution in [1.82, 2.24) is 15.0 Å². The summed E-state index contributed by atoms with van der Waals surface area (Å²) in [5.41, 5.74) is 1.33. The van der Waals surface area contributed by atoms with Gasteiger partial charge in [0.05, 0.1) is 23.6 Å². The summed E-state index contributed by atoms with van der Waals surface area (Å²) >= 11 is 0. The summed E-state index contributed by atoms with van der Waals surface area (Å²) in [5, 5.41) is 10.6. The van der Waals surface area contributed by atoms with Gasteiger partial charge < -0.3 is 19.7 Å². The van der Waals surface area contributed by atoms with Gasteiger partial charge in [0.15, 0.2) is 0 Å². The molecule has 0 radical (unpaired) electrons. The van der Waals surface area contributed by atoms with Crippen LogP contribution in [0.5, 0.6) is 0 Å². The number of H-pyrrole nitrogens is 1. The highest BCUT2D eigenvalue weighted by atomic mass is 19.1. The maximum absolute atomic E-state index is 13.5. The van der Waals surface area contributed by atoms with E-state index < -0.39 is 5.97 Å². The molecule has 1 atom stereocenters. The van der Waals surface area contributed by atoms with Gasteiger partial charge in [-0.2, -0.15) is 0 Å². The van der Waals surface area contributed by atoms with E-state index in [9.17, 15) is 9.18 Å². The van der Waals surface area contributed by atoms with Crippen molar-refractivity contribution in [2.24, 2.45) is 0 Å². The number of benzene rings is 1. The largest absolute Gasteiger partial charge is 0.481 e. The fourth-order valence-electron chi connectivity index (χ4n) is 3.30. The van der Waals surface area contributed by atoms with Gasteiger partial charge in [-0.05, 0) is 24.6 Å². The molecular weight excluding hydrogens is 327 g/mol. The number of rotatable bonds is 4. The average molecular weight is 344 g/mol. The third-order valence-corrected chi connectivity index (χ3v) is 4.45. The number of anilines is 1. The molecule has 1 fully saturated rings. The van der Waals surface area contributed by atoms with E-state index in [2.05, 4.69) is 19.9 Å². The molecule has 0 spiro atoms. The molecule has 0 bridgehead atoms. The number of nitrogens with one attached hydrogen (secondary N) is 1. The number of carbonyl (C=O) groups is 1. The first-order valence-corrected chi connectivity index (χ1v) is 8.12. The van der Waals surface area contributed by atoms with E-state index in [-0.39, 0.29) is 18.3 Å². The fourth-order valence-corrected chi connectivity index (χ4v) is 3.30. The second-order valence-electron chi connectivity index (χ2n) is 6.11. The standard InChI is InChI=1S/C17H17FN4O3/c18-10-1-3-12-13(7-10)21-16-15(12)17(20-9-19-16)22-5-6-25-11(8-22)2-4-14(23)24/h1,3,7,9,11H,2,4-6,8H2,(H,23,24)(H,19,20,21)/t11-/m1/s1. The Morgan fingerprint density at radius 3 is 3.16 bits per heavy atom. The minimum Gasteiger partial charge on any atom is -0.481 e. The Bertz CT molecular complexity index is 942. The van der Waals surface area contributed by atoms with Gasteiger partial charge >= 0.3 is 5.97 Å². The molecule has 1 aliphatic heterocycles. The maximum atomic E-state index is 13.5. The molecule has 1 aliphatic rings. The molecule has 1 aromatic carbocycles. The minimum absolute atomic E-state index is 0.0735. The number of fused-ring (bicyclic) bond motifs is 3. The van der Waals surface area contributed by atoms with Crippen molar-refractivity contribution in [3.8, 4) is 0 Å². The Balaban J connectivity index is 1.70. The highest BCUT2D eigenvalue weighted by Crippen LogP contribution is 2.32. The Morgan fingerprint density at radius 1 is 1.44 bits per heavy atom. The third-order valence-electron chi connectivity index (χ3n) is 4.45. The van der Waals surface area contributed by atoms with E-state index >= 15 is 0 Å². The van der Waals surface area contributed by atoms with Crippen molar-refractivity contribution in [3.05, 3.63) is 30.3 Å². The Hall–Kier alpha value is -2.74. The van der Waals surface area contributed by atoms with Crippen LogP contribution in [-0.2, 0) is 9.53 Å². The third kappa shape index (κ3) is 3.00. The number of carboxylic acid groups (broad SMARTS) is 1. The van der Waals surface area contributed by atoms with E-state index in [0.717, 1.165) is 16.6 Å². The van der Waals surface area contributed by atoms with Gasteiger partial charge in [0.2, 0.25) is 0 Å². The summed E-state index contributed by atoms with van der Waals surface area (Å²) in [4.78, 5) is 24.7. The van der Waals surface area contributed by atoms with Crippen LogP contribution in [0.3, 0.4) is 0 Å². The number of aromatic amines is 1. The van der Waals surface area contributed by atoms with E-state index in [1.165, 1.54) is 18.5 Å². The zero-order valence-electron chi connectivity index (χ0n) is 13.4. The summed E-state index contributed by atoms with van der Waals surface area (Å²) in [6.45, 7) is 1.73. The molecule has 0 amide bonds. The van der Waals surface area contributed by atoms with Crippen LogP contribution in [-0.4, -0.2) is 51.8 Å². The van der Waals surface area contributed by atoms with Crippen molar-refractivity contribution in [2.45, 2.75) is 18.9 Å². The van der Waals surface area contributed by atoms with Gasteiger partial charge in [-0.1, -0.05) is 0 Å². The van der Waals surface area contributed by atoms with Crippen molar-refractivity contribution < 1.29 is 19.0 Å². The van der Waals surface area contributed by atoms with Crippen LogP contribution in [0.2, 0.25) is 0 Å². The van der Waals surface area contributed by atoms with Gasteiger partial charge in [-0.3, -0.25) is 4.79 Å². The number of hydrogen-bond donors (Lipinski definition) is 2. The SMILES string of the molecule is O=C(O)CC[C@@H]1CN(c2ncnc3[nH]c4cc(F)ccc4c23)CCO1. The second-order valence-corrected chi connectivity index (χ2v) is 6.11. The smallest absolute Gasteiger partial charge is 0.303 e. The zero-order chi connectivity index (χ0) is 17.4. The van der Waals surface area contributed by atoms with Crippen LogP contribution in [0, 0.1) is 5.82 Å². The molecule has 25 heavy (non-hydrogen) atoms. The van der Waals surface area contributed by atoms with Crippen molar-refractivity contribution in [1.29, 1.82) is 0 Å². The lowest BCUT2D eigenvalue weighted by Gasteiger charge is -2.33. The monoisotopic (exact) mass is 344 g/mol. The van der Waals surface area contributed by atoms with E-state index in [1.807, 2.05) is 0 Å². The molecule has 2 aromatic heterocycles. The predicted molar refractivity (Wildman–Crippen MR) is 90.2 cm³/mol. The Kier molecular flexibility index (Phi) is 3.96. The first kappa shape index (κ1) is 15.8. The van der Waals surface area contributed by atoms with Gasteiger partial charge in [0.1, 0.15) is 23.6 Å². The van der Waals surface area contributed by atoms with E-state index in [1.54, 1.807) is 6.07 Å². The topological polar surface area (TPSA) is 91.3 Å². The van der Waals surface area contributed by atoms with Crippen LogP contribution in [0.15, 0.2) is 24.5 Å². The first-order chi connectivity index (χ1) is 12.1. The summed E-state index contributed by atoms with van der Waals surface area (Å²) in [7, 11) is 0. The van der Waals surface area contributed by atoms with Crippen molar-refractivity contribution in [3.63, 3.8) is 0 Å². The Morgan fingerprint density at radius 2 is 2.32 bits per heavy atom. The lowest BCUT2D eigenvalue weighted by molar-refractivity contribution is -0.137. The van der Waals surface area contributed by atoms with E-state index in [4.69, 9.17) is 9.84 Å². The molecule has 0 saturated carbocycles. The van der Waals surface area contributed by atoms with Crippen molar-refractivity contribution >= 4 is 33.7 Å². The summed E-state index contributed by atoms with van der Waals surface area (Å²) in [5.74, 6) is -0.385. The lowest BCUT2D eigenvalue weighted by Crippen LogP contribution is -2.43. The normalized spacial score (nSPS) is 18.1. The van der Waals surface area contributed by atoms with Gasteiger partial charge in [-0.25, -0.2) is 14.4 Å². The van der Waals surface area contributed by atoms with Crippen LogP contribution < -0.4 is 4.90 Å². The molecule has 7 nitrogen and oxygen atoms in total. The van der Waals surface area contributed by atoms with Gasteiger partial charge in [0.25, 0.3) is 0 Å². The fraction of sp³-hybridized carbons (Fsp3) is 0.353. The van der Waals surface area contributed by atoms with Crippen LogP contribution >= 0.6 is 0 Å². The van der Waals surface area contributed by atoms with Gasteiger partial charge in [-0.15, -0.1) is 0 Å². The average Bonchev–Trinajstić information content (AvgIpc) is 2.97. The summed E-state index contributed by atoms with van der Waals surface area (Å²) in [6, 6.07) is 4.58. The quantitative estimate of drug-likeness (QED) is 0.755. The van der Waals surface area contributed by atoms with Crippen molar-refractivity contribution in [2.75, 3.05) is 24.6 Å². The number of hydrogen-bond acceptors (Lipinski definition) is 5. The number of nitrogens with zero attached hydrogens (tertiary/aromatic N) is 3. The molecule has 8 heteroatoms. The number of aliphatic carboxylic acids is 1. The number of ether oxygens (including phenoxy) is 1. The molecule has 3 heterocycles. The molecular formula is C17H17FN4O3. The number of carboxylic acids is 1. The highest BCUT2D eigenvalue weighted by molar-refractivity contribution is 6.11. The molecule has 2 N–H and O–H groups in total.